The van der Waals surface area contributed by atoms with Gasteiger partial charge in [0.05, 0.1) is 15.8 Å². The van der Waals surface area contributed by atoms with Gasteiger partial charge in [-0.2, -0.15) is 0 Å². The maximum absolute atomic E-state index is 13.4. The third-order valence-corrected chi connectivity index (χ3v) is 6.72. The van der Waals surface area contributed by atoms with Crippen molar-refractivity contribution in [2.24, 2.45) is 0 Å². The molecular formula is C22H20ClN3O2S2. The Hall–Kier alpha value is -2.48. The number of carbonyl (C=O) groups excluding carboxylic acids is 1. The summed E-state index contributed by atoms with van der Waals surface area (Å²) in [7, 11) is 0. The predicted molar refractivity (Wildman–Crippen MR) is 126 cm³/mol. The van der Waals surface area contributed by atoms with E-state index in [1.54, 1.807) is 12.1 Å². The fourth-order valence-corrected chi connectivity index (χ4v) is 5.06. The number of thiazole rings is 1. The van der Waals surface area contributed by atoms with Crippen LogP contribution in [0.2, 0.25) is 5.02 Å². The SMILES string of the molecule is CCC(C)NC(=O)Cn1c(=O)c2ccccc2n2c(=S)sc(-c3cccc(Cl)c3)c12. The Labute approximate surface area is 187 Å². The molecular weight excluding hydrogens is 438 g/mol. The minimum Gasteiger partial charge on any atom is -0.352 e. The Kier molecular flexibility index (Phi) is 5.77. The molecule has 2 heterocycles. The molecule has 0 saturated carbocycles. The van der Waals surface area contributed by atoms with Crippen LogP contribution in [0.5, 0.6) is 0 Å². The highest BCUT2D eigenvalue weighted by Gasteiger charge is 2.20. The Morgan fingerprint density at radius 2 is 2.00 bits per heavy atom. The van der Waals surface area contributed by atoms with E-state index < -0.39 is 0 Å². The van der Waals surface area contributed by atoms with E-state index in [9.17, 15) is 9.59 Å². The van der Waals surface area contributed by atoms with Crippen molar-refractivity contribution < 1.29 is 4.79 Å². The van der Waals surface area contributed by atoms with E-state index in [0.29, 0.717) is 20.0 Å². The topological polar surface area (TPSA) is 55.5 Å². The standard InChI is InChI=1S/C22H20ClN3O2S2/c1-3-13(2)24-18(27)12-25-20-19(14-7-6-8-15(23)11-14)30-22(29)26(20)17-10-5-4-9-16(17)21(25)28/h4-11,13H,3,12H2,1-2H3,(H,24,27). The normalized spacial score (nSPS) is 12.4. The molecule has 1 N–H and O–H groups in total. The van der Waals surface area contributed by atoms with Crippen LogP contribution in [-0.4, -0.2) is 20.9 Å². The first-order valence-corrected chi connectivity index (χ1v) is 11.2. The van der Waals surface area contributed by atoms with Crippen LogP contribution in [0.15, 0.2) is 53.3 Å². The summed E-state index contributed by atoms with van der Waals surface area (Å²) in [5.74, 6) is -0.210. The molecule has 1 unspecified atom stereocenters. The fraction of sp³-hybridized carbons (Fsp3) is 0.227. The Balaban J connectivity index is 2.05. The Morgan fingerprint density at radius 1 is 1.23 bits per heavy atom. The first kappa shape index (κ1) is 20.8. The predicted octanol–water partition coefficient (Wildman–Crippen LogP) is 5.28. The van der Waals surface area contributed by atoms with Crippen molar-refractivity contribution in [3.8, 4) is 10.4 Å². The number of hydrogen-bond acceptors (Lipinski definition) is 4. The third-order valence-electron chi connectivity index (χ3n) is 5.07. The van der Waals surface area contributed by atoms with Crippen LogP contribution in [0.4, 0.5) is 0 Å². The summed E-state index contributed by atoms with van der Waals surface area (Å²) < 4.78 is 4.00. The number of carbonyl (C=O) groups is 1. The zero-order valence-corrected chi connectivity index (χ0v) is 18.9. The maximum Gasteiger partial charge on any atom is 0.262 e. The van der Waals surface area contributed by atoms with E-state index in [1.165, 1.54) is 15.9 Å². The summed E-state index contributed by atoms with van der Waals surface area (Å²) in [6.07, 6.45) is 0.811. The molecule has 154 valence electrons. The highest BCUT2D eigenvalue weighted by atomic mass is 35.5. The van der Waals surface area contributed by atoms with Crippen molar-refractivity contribution in [3.05, 3.63) is 67.9 Å². The fourth-order valence-electron chi connectivity index (χ4n) is 3.44. The van der Waals surface area contributed by atoms with Crippen molar-refractivity contribution in [2.45, 2.75) is 32.9 Å². The minimum absolute atomic E-state index is 0.0289. The number of amides is 1. The van der Waals surface area contributed by atoms with Gasteiger partial charge in [-0.3, -0.25) is 18.6 Å². The third kappa shape index (κ3) is 3.69. The summed E-state index contributed by atoms with van der Waals surface area (Å²) in [5.41, 5.74) is 1.97. The van der Waals surface area contributed by atoms with E-state index >= 15 is 0 Å². The van der Waals surface area contributed by atoms with Crippen LogP contribution in [0, 0.1) is 3.95 Å². The van der Waals surface area contributed by atoms with Gasteiger partial charge in [-0.15, -0.1) is 11.3 Å². The van der Waals surface area contributed by atoms with Gasteiger partial charge in [0.2, 0.25) is 5.91 Å². The molecule has 1 atom stereocenters. The molecule has 0 bridgehead atoms. The lowest BCUT2D eigenvalue weighted by molar-refractivity contribution is -0.122. The van der Waals surface area contributed by atoms with Crippen molar-refractivity contribution in [1.29, 1.82) is 0 Å². The van der Waals surface area contributed by atoms with Crippen molar-refractivity contribution in [1.82, 2.24) is 14.3 Å². The highest BCUT2D eigenvalue weighted by molar-refractivity contribution is 7.73. The molecule has 2 aromatic heterocycles. The van der Waals surface area contributed by atoms with Crippen LogP contribution in [-0.2, 0) is 11.3 Å². The number of rotatable bonds is 5. The van der Waals surface area contributed by atoms with Gasteiger partial charge in [0, 0.05) is 11.1 Å². The lowest BCUT2D eigenvalue weighted by atomic mass is 10.2. The van der Waals surface area contributed by atoms with E-state index in [2.05, 4.69) is 5.32 Å². The molecule has 30 heavy (non-hydrogen) atoms. The van der Waals surface area contributed by atoms with Gasteiger partial charge in [0.15, 0.2) is 3.95 Å². The van der Waals surface area contributed by atoms with Gasteiger partial charge in [0.1, 0.15) is 12.2 Å². The number of nitrogens with zero attached hydrogens (tertiary/aromatic N) is 2. The van der Waals surface area contributed by atoms with Crippen molar-refractivity contribution >= 4 is 57.6 Å². The van der Waals surface area contributed by atoms with Crippen LogP contribution < -0.4 is 10.9 Å². The first-order chi connectivity index (χ1) is 14.4. The smallest absolute Gasteiger partial charge is 0.262 e. The molecule has 1 amide bonds. The molecule has 0 radical (unpaired) electrons. The monoisotopic (exact) mass is 457 g/mol. The first-order valence-electron chi connectivity index (χ1n) is 9.63. The number of para-hydroxylation sites is 1. The number of hydrogen-bond donors (Lipinski definition) is 1. The molecule has 0 fully saturated rings. The molecule has 4 rings (SSSR count). The zero-order valence-electron chi connectivity index (χ0n) is 16.5. The zero-order chi connectivity index (χ0) is 21.4. The second kappa shape index (κ2) is 8.34. The lowest BCUT2D eigenvalue weighted by Crippen LogP contribution is -2.37. The second-order valence-electron chi connectivity index (χ2n) is 7.15. The molecule has 0 aliphatic heterocycles. The number of fused-ring (bicyclic) bond motifs is 3. The summed E-state index contributed by atoms with van der Waals surface area (Å²) in [6.45, 7) is 3.85. The Morgan fingerprint density at radius 3 is 2.73 bits per heavy atom. The molecule has 4 aromatic rings. The summed E-state index contributed by atoms with van der Waals surface area (Å²) in [4.78, 5) is 26.9. The number of aromatic nitrogens is 2. The molecule has 0 saturated heterocycles. The largest absolute Gasteiger partial charge is 0.352 e. The van der Waals surface area contributed by atoms with E-state index in [-0.39, 0.29) is 24.1 Å². The lowest BCUT2D eigenvalue weighted by Gasteiger charge is -2.15. The van der Waals surface area contributed by atoms with Crippen molar-refractivity contribution in [3.63, 3.8) is 0 Å². The molecule has 0 spiro atoms. The second-order valence-corrected chi connectivity index (χ2v) is 9.23. The van der Waals surface area contributed by atoms with Crippen LogP contribution in [0.1, 0.15) is 20.3 Å². The maximum atomic E-state index is 13.4. The highest BCUT2D eigenvalue weighted by Crippen LogP contribution is 2.34. The Bertz CT molecular complexity index is 1390. The van der Waals surface area contributed by atoms with Gasteiger partial charge in [0.25, 0.3) is 5.56 Å². The molecule has 0 aliphatic carbocycles. The number of halogens is 1. The van der Waals surface area contributed by atoms with Crippen LogP contribution >= 0.6 is 35.2 Å². The van der Waals surface area contributed by atoms with Gasteiger partial charge in [-0.25, -0.2) is 0 Å². The summed E-state index contributed by atoms with van der Waals surface area (Å²) in [6, 6.07) is 14.8. The molecule has 0 aliphatic rings. The average Bonchev–Trinajstić information content (AvgIpc) is 3.08. The number of benzene rings is 2. The van der Waals surface area contributed by atoms with Crippen LogP contribution in [0.25, 0.3) is 27.0 Å². The van der Waals surface area contributed by atoms with Crippen molar-refractivity contribution in [2.75, 3.05) is 0 Å². The van der Waals surface area contributed by atoms with E-state index in [0.717, 1.165) is 22.4 Å². The van der Waals surface area contributed by atoms with Gasteiger partial charge < -0.3 is 5.32 Å². The van der Waals surface area contributed by atoms with Gasteiger partial charge >= 0.3 is 0 Å². The van der Waals surface area contributed by atoms with E-state index in [1.807, 2.05) is 54.6 Å². The quantitative estimate of drug-likeness (QED) is 0.415. The minimum atomic E-state index is -0.221. The van der Waals surface area contributed by atoms with E-state index in [4.69, 9.17) is 23.8 Å². The average molecular weight is 458 g/mol. The summed E-state index contributed by atoms with van der Waals surface area (Å²) in [5, 5.41) is 4.05. The van der Waals surface area contributed by atoms with Crippen LogP contribution in [0.3, 0.4) is 0 Å². The van der Waals surface area contributed by atoms with Gasteiger partial charge in [-0.05, 0) is 55.4 Å². The number of nitrogens with one attached hydrogen (secondary N) is 1. The molecule has 2 aromatic carbocycles. The molecule has 5 nitrogen and oxygen atoms in total. The summed E-state index contributed by atoms with van der Waals surface area (Å²) >= 11 is 13.3. The molecule has 8 heteroatoms. The van der Waals surface area contributed by atoms with Gasteiger partial charge in [-0.1, -0.05) is 42.8 Å².